The lowest BCUT2D eigenvalue weighted by Crippen LogP contribution is -2.39. The van der Waals surface area contributed by atoms with Crippen molar-refractivity contribution in [3.63, 3.8) is 0 Å². The highest BCUT2D eigenvalue weighted by molar-refractivity contribution is 7.99. The number of nitrogens with zero attached hydrogens (tertiary/aromatic N) is 1. The quantitative estimate of drug-likeness (QED) is 0.199. The monoisotopic (exact) mass is 538 g/mol. The Kier molecular flexibility index (Phi) is 9.35. The van der Waals surface area contributed by atoms with E-state index in [0.717, 1.165) is 15.9 Å². The molecule has 3 aromatic rings. The number of hydrogen-bond acceptors (Lipinski definition) is 7. The molecule has 3 N–H and O–H groups in total. The third-order valence-corrected chi connectivity index (χ3v) is 7.42. The van der Waals surface area contributed by atoms with Crippen molar-refractivity contribution in [2.24, 2.45) is 5.92 Å². The molecule has 2 heterocycles. The normalized spacial score (nSPS) is 21.1. The van der Waals surface area contributed by atoms with Crippen LogP contribution in [-0.4, -0.2) is 33.9 Å². The molecule has 2 aromatic carbocycles. The van der Waals surface area contributed by atoms with Crippen molar-refractivity contribution >= 4 is 29.3 Å². The smallest absolute Gasteiger partial charge is 0.303 e. The molecule has 1 aliphatic heterocycles. The Bertz CT molecular complexity index is 1250. The molecule has 9 nitrogen and oxygen atoms in total. The van der Waals surface area contributed by atoms with Gasteiger partial charge in [-0.15, -0.1) is 0 Å². The number of hydrogen-bond donors (Lipinski definition) is 3. The van der Waals surface area contributed by atoms with E-state index in [4.69, 9.17) is 14.6 Å². The Morgan fingerprint density at radius 3 is 2.53 bits per heavy atom. The second-order valence-corrected chi connectivity index (χ2v) is 10.1. The minimum absolute atomic E-state index is 0.0520. The number of carbonyl (C=O) groups is 2. The van der Waals surface area contributed by atoms with E-state index >= 15 is 0 Å². The van der Waals surface area contributed by atoms with Crippen molar-refractivity contribution < 1.29 is 34.0 Å². The lowest BCUT2D eigenvalue weighted by atomic mass is 9.91. The van der Waals surface area contributed by atoms with Gasteiger partial charge in [-0.2, -0.15) is 4.73 Å². The summed E-state index contributed by atoms with van der Waals surface area (Å²) in [4.78, 5) is 22.9. The maximum Gasteiger partial charge on any atom is 0.303 e. The summed E-state index contributed by atoms with van der Waals surface area (Å²) in [5, 5.41) is 33.7. The standard InChI is InChI=1S/C28H30N2O7S/c1-18-23(17-38-25-7-2-3-14-30(25)35)36-28(37-27(18)20-10-8-19(16-31)9-11-20)21-5-4-6-22(15-21)29-24(32)12-13-26(33)34/h2-11,14-15,18,23,27-28,31H,12-13,16-17H2,1H3,(H,29,32)(H,33,34)/t18-,23+,27+,28+/m1/s1. The molecule has 0 spiro atoms. The number of carboxylic acid groups (broad SMARTS) is 1. The van der Waals surface area contributed by atoms with Gasteiger partial charge in [0.2, 0.25) is 5.91 Å². The zero-order valence-electron chi connectivity index (χ0n) is 20.9. The number of aliphatic carboxylic acids is 1. The molecule has 10 heteroatoms. The zero-order valence-corrected chi connectivity index (χ0v) is 21.7. The summed E-state index contributed by atoms with van der Waals surface area (Å²) in [5.41, 5.74) is 2.94. The van der Waals surface area contributed by atoms with E-state index in [-0.39, 0.29) is 37.6 Å². The van der Waals surface area contributed by atoms with E-state index in [2.05, 4.69) is 5.32 Å². The van der Waals surface area contributed by atoms with Crippen LogP contribution in [0.2, 0.25) is 0 Å². The number of rotatable bonds is 10. The Labute approximate surface area is 225 Å². The first-order valence-electron chi connectivity index (χ1n) is 12.3. The van der Waals surface area contributed by atoms with Gasteiger partial charge < -0.3 is 30.2 Å². The van der Waals surface area contributed by atoms with Gasteiger partial charge in [-0.05, 0) is 29.3 Å². The van der Waals surface area contributed by atoms with E-state index in [0.29, 0.717) is 22.0 Å². The van der Waals surface area contributed by atoms with Crippen LogP contribution in [0.3, 0.4) is 0 Å². The van der Waals surface area contributed by atoms with Crippen LogP contribution in [0.25, 0.3) is 0 Å². The number of nitrogens with one attached hydrogen (secondary N) is 1. The van der Waals surface area contributed by atoms with Crippen LogP contribution in [0.15, 0.2) is 78.0 Å². The molecule has 1 amide bonds. The second-order valence-electron chi connectivity index (χ2n) is 9.07. The van der Waals surface area contributed by atoms with Crippen molar-refractivity contribution in [1.82, 2.24) is 0 Å². The van der Waals surface area contributed by atoms with Crippen LogP contribution in [0, 0.1) is 11.1 Å². The summed E-state index contributed by atoms with van der Waals surface area (Å²) in [5.74, 6) is -0.966. The first-order chi connectivity index (χ1) is 18.3. The molecule has 1 saturated heterocycles. The molecule has 4 rings (SSSR count). The second kappa shape index (κ2) is 12.9. The van der Waals surface area contributed by atoms with Crippen molar-refractivity contribution in [2.75, 3.05) is 11.1 Å². The van der Waals surface area contributed by atoms with Crippen LogP contribution in [0.1, 0.15) is 48.8 Å². The Balaban J connectivity index is 1.56. The number of aromatic nitrogens is 1. The number of thioether (sulfide) groups is 1. The summed E-state index contributed by atoms with van der Waals surface area (Å²) in [6, 6.07) is 19.9. The fourth-order valence-electron chi connectivity index (χ4n) is 4.21. The van der Waals surface area contributed by atoms with Crippen LogP contribution in [0.4, 0.5) is 5.69 Å². The summed E-state index contributed by atoms with van der Waals surface area (Å²) in [7, 11) is 0. The molecular formula is C28H30N2O7S. The molecule has 200 valence electrons. The molecule has 0 bridgehead atoms. The SMILES string of the molecule is C[C@@H]1[C@H](CSc2cccc[n+]2[O-])O[C@H](c2cccc(NC(=O)CCC(=O)O)c2)O[C@@H]1c1ccc(CO)cc1. The maximum atomic E-state index is 12.2. The molecule has 0 aliphatic carbocycles. The number of pyridine rings is 1. The lowest BCUT2D eigenvalue weighted by Gasteiger charge is -2.41. The Morgan fingerprint density at radius 2 is 1.82 bits per heavy atom. The predicted molar refractivity (Wildman–Crippen MR) is 141 cm³/mol. The minimum atomic E-state index is -1.04. The third-order valence-electron chi connectivity index (χ3n) is 6.32. The fraction of sp³-hybridized carbons (Fsp3) is 0.321. The largest absolute Gasteiger partial charge is 0.618 e. The Hall–Kier alpha value is -3.44. The highest BCUT2D eigenvalue weighted by Crippen LogP contribution is 2.43. The number of amides is 1. The molecule has 38 heavy (non-hydrogen) atoms. The summed E-state index contributed by atoms with van der Waals surface area (Å²) >= 11 is 1.41. The van der Waals surface area contributed by atoms with E-state index in [1.54, 1.807) is 30.3 Å². The zero-order chi connectivity index (χ0) is 27.1. The summed E-state index contributed by atoms with van der Waals surface area (Å²) < 4.78 is 13.7. The third kappa shape index (κ3) is 7.11. The van der Waals surface area contributed by atoms with Gasteiger partial charge in [0.25, 0.3) is 5.03 Å². The molecule has 4 atom stereocenters. The van der Waals surface area contributed by atoms with Crippen molar-refractivity contribution in [2.45, 2.75) is 49.9 Å². The van der Waals surface area contributed by atoms with E-state index in [9.17, 15) is 19.9 Å². The summed E-state index contributed by atoms with van der Waals surface area (Å²) in [6.07, 6.45) is -0.255. The highest BCUT2D eigenvalue weighted by Gasteiger charge is 2.38. The number of ether oxygens (including phenoxy) is 2. The molecule has 1 fully saturated rings. The topological polar surface area (TPSA) is 132 Å². The van der Waals surface area contributed by atoms with Crippen LogP contribution in [0.5, 0.6) is 0 Å². The van der Waals surface area contributed by atoms with Gasteiger partial charge in [0.1, 0.15) is 0 Å². The average molecular weight is 539 g/mol. The van der Waals surface area contributed by atoms with Gasteiger partial charge >= 0.3 is 5.97 Å². The molecular weight excluding hydrogens is 508 g/mol. The van der Waals surface area contributed by atoms with E-state index in [1.165, 1.54) is 18.0 Å². The summed E-state index contributed by atoms with van der Waals surface area (Å²) in [6.45, 7) is 1.99. The average Bonchev–Trinajstić information content (AvgIpc) is 2.92. The number of carboxylic acids is 1. The van der Waals surface area contributed by atoms with Gasteiger partial charge in [-0.25, -0.2) is 0 Å². The number of aliphatic hydroxyl groups excluding tert-OH is 1. The highest BCUT2D eigenvalue weighted by atomic mass is 32.2. The number of aliphatic hydroxyl groups is 1. The van der Waals surface area contributed by atoms with Crippen LogP contribution in [-0.2, 0) is 25.7 Å². The fourth-order valence-corrected chi connectivity index (χ4v) is 5.29. The van der Waals surface area contributed by atoms with E-state index in [1.807, 2.05) is 43.3 Å². The molecule has 1 aromatic heterocycles. The van der Waals surface area contributed by atoms with Crippen LogP contribution < -0.4 is 10.0 Å². The molecule has 0 saturated carbocycles. The lowest BCUT2D eigenvalue weighted by molar-refractivity contribution is -0.645. The van der Waals surface area contributed by atoms with Crippen molar-refractivity contribution in [3.8, 4) is 0 Å². The van der Waals surface area contributed by atoms with Gasteiger partial charge in [0.15, 0.2) is 12.5 Å². The van der Waals surface area contributed by atoms with Crippen molar-refractivity contribution in [3.05, 3.63) is 94.8 Å². The molecule has 0 unspecified atom stereocenters. The van der Waals surface area contributed by atoms with Gasteiger partial charge in [0, 0.05) is 41.5 Å². The first kappa shape index (κ1) is 27.6. The molecule has 0 radical (unpaired) electrons. The van der Waals surface area contributed by atoms with Gasteiger partial charge in [-0.1, -0.05) is 55.1 Å². The van der Waals surface area contributed by atoms with Gasteiger partial charge in [0.05, 0.1) is 25.2 Å². The maximum absolute atomic E-state index is 12.2. The number of benzene rings is 2. The minimum Gasteiger partial charge on any atom is -0.618 e. The van der Waals surface area contributed by atoms with E-state index < -0.39 is 18.2 Å². The predicted octanol–water partition coefficient (Wildman–Crippen LogP) is 4.20. The van der Waals surface area contributed by atoms with Gasteiger partial charge in [-0.3, -0.25) is 9.59 Å². The molecule has 1 aliphatic rings. The van der Waals surface area contributed by atoms with Crippen LogP contribution >= 0.6 is 11.8 Å². The van der Waals surface area contributed by atoms with Crippen molar-refractivity contribution in [1.29, 1.82) is 0 Å². The number of anilines is 1. The number of carbonyl (C=O) groups excluding carboxylic acids is 1. The Morgan fingerprint density at radius 1 is 1.03 bits per heavy atom. The first-order valence-corrected chi connectivity index (χ1v) is 13.3.